The van der Waals surface area contributed by atoms with Crippen molar-refractivity contribution in [2.45, 2.75) is 64.2 Å². The van der Waals surface area contributed by atoms with Crippen LogP contribution in [0.3, 0.4) is 0 Å². The van der Waals surface area contributed by atoms with Crippen LogP contribution in [0.15, 0.2) is 72.8 Å². The fraction of sp³-hybridized carbons (Fsp3) is 0.357. The fourth-order valence-corrected chi connectivity index (χ4v) is 6.18. The van der Waals surface area contributed by atoms with Crippen LogP contribution in [0, 0.1) is 0 Å². The maximum atomic E-state index is 4.93. The zero-order valence-corrected chi connectivity index (χ0v) is 27.3. The molecule has 0 saturated heterocycles. The van der Waals surface area contributed by atoms with Crippen LogP contribution in [0.2, 0.25) is 39.3 Å². The van der Waals surface area contributed by atoms with E-state index in [2.05, 4.69) is 126 Å². The summed E-state index contributed by atoms with van der Waals surface area (Å²) in [5, 5.41) is 5.55. The van der Waals surface area contributed by atoms with Gasteiger partial charge in [-0.15, -0.1) is 81.2 Å². The Labute approximate surface area is 222 Å². The van der Waals surface area contributed by atoms with Crippen molar-refractivity contribution < 1.29 is 20.8 Å². The summed E-state index contributed by atoms with van der Waals surface area (Å²) in [4.78, 5) is 0. The first-order valence-corrected chi connectivity index (χ1v) is 25.1. The van der Waals surface area contributed by atoms with Gasteiger partial charge in [-0.3, -0.25) is 0 Å². The number of hydrogen-bond acceptors (Lipinski definition) is 0. The Morgan fingerprint density at radius 1 is 0.636 bits per heavy atom. The van der Waals surface area contributed by atoms with Crippen LogP contribution in [0.1, 0.15) is 36.1 Å². The van der Waals surface area contributed by atoms with Gasteiger partial charge in [0.15, 0.2) is 0 Å². The van der Waals surface area contributed by atoms with Crippen LogP contribution < -0.4 is 0 Å². The molecule has 0 N–H and O–H groups in total. The van der Waals surface area contributed by atoms with E-state index in [1.54, 1.807) is 0 Å². The van der Waals surface area contributed by atoms with Crippen molar-refractivity contribution in [3.63, 3.8) is 0 Å². The van der Waals surface area contributed by atoms with E-state index in [0.717, 1.165) is 11.1 Å². The van der Waals surface area contributed by atoms with Gasteiger partial charge in [-0.05, 0) is 11.1 Å². The standard InChI is InChI=1S/2C14H19Si.2ClH.Zr/c2*1-11(15(2,3)4)14-9-12-7-5-6-8-13(12)10-14;;;/h2*5-11H,1-4H3;2*1H;/q2*-1;;;+4/p-2. The van der Waals surface area contributed by atoms with E-state index in [4.69, 9.17) is 17.0 Å². The molecule has 0 aliphatic rings. The molecule has 0 spiro atoms. The van der Waals surface area contributed by atoms with E-state index < -0.39 is 37.0 Å². The fourth-order valence-electron chi connectivity index (χ4n) is 3.85. The van der Waals surface area contributed by atoms with Crippen LogP contribution in [0.5, 0.6) is 0 Å². The second-order valence-electron chi connectivity index (χ2n) is 11.1. The Kier molecular flexibility index (Phi) is 10.9. The first-order chi connectivity index (χ1) is 15.4. The van der Waals surface area contributed by atoms with Crippen molar-refractivity contribution in [1.82, 2.24) is 0 Å². The molecule has 4 aromatic carbocycles. The number of benzene rings is 2. The third-order valence-corrected chi connectivity index (χ3v) is 12.7. The van der Waals surface area contributed by atoms with Gasteiger partial charge in [0.1, 0.15) is 0 Å². The molecule has 2 atom stereocenters. The molecule has 0 nitrogen and oxygen atoms in total. The average molecular weight is 593 g/mol. The predicted molar refractivity (Wildman–Crippen MR) is 154 cm³/mol. The molecule has 0 amide bonds. The summed E-state index contributed by atoms with van der Waals surface area (Å²) in [6, 6.07) is 26.7. The summed E-state index contributed by atoms with van der Waals surface area (Å²) in [6.45, 7) is 19.4. The van der Waals surface area contributed by atoms with E-state index in [1.165, 1.54) is 32.7 Å². The van der Waals surface area contributed by atoms with Gasteiger partial charge in [-0.2, -0.15) is 12.1 Å². The maximum absolute atomic E-state index is 4.93. The molecule has 33 heavy (non-hydrogen) atoms. The molecule has 5 heteroatoms. The second-order valence-corrected chi connectivity index (χ2v) is 26.0. The second kappa shape index (κ2) is 12.5. The van der Waals surface area contributed by atoms with Gasteiger partial charge in [0.25, 0.3) is 0 Å². The molecule has 0 aromatic heterocycles. The van der Waals surface area contributed by atoms with E-state index in [-0.39, 0.29) is 0 Å². The monoisotopic (exact) mass is 590 g/mol. The quantitative estimate of drug-likeness (QED) is 0.163. The summed E-state index contributed by atoms with van der Waals surface area (Å²) in [7, 11) is 7.74. The van der Waals surface area contributed by atoms with Gasteiger partial charge < -0.3 is 0 Å². The summed E-state index contributed by atoms with van der Waals surface area (Å²) >= 11 is -0.826. The van der Waals surface area contributed by atoms with Crippen LogP contribution in [0.25, 0.3) is 21.5 Å². The van der Waals surface area contributed by atoms with E-state index in [9.17, 15) is 0 Å². The summed E-state index contributed by atoms with van der Waals surface area (Å²) < 4.78 is 0. The molecule has 0 aliphatic carbocycles. The molecule has 0 radical (unpaired) electrons. The molecule has 0 aliphatic heterocycles. The molecular formula is C28H38Cl2Si2Zr. The van der Waals surface area contributed by atoms with E-state index in [0.29, 0.717) is 0 Å². The van der Waals surface area contributed by atoms with Crippen molar-refractivity contribution in [2.24, 2.45) is 0 Å². The molecule has 2 unspecified atom stereocenters. The number of rotatable bonds is 4. The van der Waals surface area contributed by atoms with Crippen molar-refractivity contribution in [1.29, 1.82) is 0 Å². The van der Waals surface area contributed by atoms with Crippen LogP contribution >= 0.6 is 17.0 Å². The van der Waals surface area contributed by atoms with Crippen molar-refractivity contribution in [3.05, 3.63) is 83.9 Å². The van der Waals surface area contributed by atoms with Gasteiger partial charge in [-0.1, -0.05) is 65.3 Å². The topological polar surface area (TPSA) is 0 Å². The van der Waals surface area contributed by atoms with Crippen molar-refractivity contribution in [3.8, 4) is 0 Å². The Balaban J connectivity index is 0.000000209. The summed E-state index contributed by atoms with van der Waals surface area (Å²) in [5.74, 6) is 0. The van der Waals surface area contributed by atoms with Crippen molar-refractivity contribution >= 4 is 54.7 Å². The molecule has 4 rings (SSSR count). The van der Waals surface area contributed by atoms with E-state index >= 15 is 0 Å². The third-order valence-electron chi connectivity index (χ3n) is 6.88. The molecule has 4 aromatic rings. The third kappa shape index (κ3) is 8.32. The molecule has 0 bridgehead atoms. The predicted octanol–water partition coefficient (Wildman–Crippen LogP) is 10.5. The van der Waals surface area contributed by atoms with Gasteiger partial charge in [-0.25, -0.2) is 0 Å². The van der Waals surface area contributed by atoms with Gasteiger partial charge in [0, 0.05) is 16.1 Å². The summed E-state index contributed by atoms with van der Waals surface area (Å²) in [5.41, 5.74) is 4.53. The first kappa shape index (κ1) is 28.8. The Morgan fingerprint density at radius 3 is 1.21 bits per heavy atom. The first-order valence-electron chi connectivity index (χ1n) is 11.7. The Morgan fingerprint density at radius 2 is 0.939 bits per heavy atom. The normalized spacial score (nSPS) is 13.4. The Hall–Kier alpha value is -0.443. The van der Waals surface area contributed by atoms with Gasteiger partial charge in [0.2, 0.25) is 0 Å². The molecule has 0 saturated carbocycles. The van der Waals surface area contributed by atoms with Gasteiger partial charge >= 0.3 is 37.9 Å². The zero-order valence-electron chi connectivity index (χ0n) is 21.3. The van der Waals surface area contributed by atoms with Gasteiger partial charge in [0.05, 0.1) is 0 Å². The number of fused-ring (bicyclic) bond motifs is 2. The molecular weight excluding hydrogens is 555 g/mol. The minimum atomic E-state index is -1.06. The van der Waals surface area contributed by atoms with Crippen LogP contribution in [-0.4, -0.2) is 16.1 Å². The minimum absolute atomic E-state index is 0.741. The Bertz CT molecular complexity index is 976. The molecule has 0 fully saturated rings. The summed E-state index contributed by atoms with van der Waals surface area (Å²) in [6.07, 6.45) is 0. The van der Waals surface area contributed by atoms with E-state index in [1.807, 2.05) is 0 Å². The number of hydrogen-bond donors (Lipinski definition) is 0. The average Bonchev–Trinajstić information content (AvgIpc) is 3.36. The van der Waals surface area contributed by atoms with Crippen LogP contribution in [0.4, 0.5) is 0 Å². The zero-order chi connectivity index (χ0) is 24.8. The van der Waals surface area contributed by atoms with Crippen LogP contribution in [-0.2, 0) is 20.8 Å². The molecule has 0 heterocycles. The van der Waals surface area contributed by atoms with Crippen molar-refractivity contribution in [2.75, 3.05) is 0 Å². The molecule has 176 valence electrons. The SMILES string of the molecule is CC(c1cc2ccccc2[cH-]1)[Si](C)(C)C.CC(c1cc2ccccc2[cH-]1)[Si](C)(C)C.[Cl][Zr+2][Cl]. The number of halogens is 2.